The number of ether oxygens (including phenoxy) is 1. The lowest BCUT2D eigenvalue weighted by atomic mass is 9.89. The van der Waals surface area contributed by atoms with Crippen LogP contribution in [0, 0.1) is 0 Å². The number of nitrogens with one attached hydrogen (secondary N) is 3. The maximum absolute atomic E-state index is 12.6. The van der Waals surface area contributed by atoms with Crippen molar-refractivity contribution >= 4 is 23.4 Å². The molecule has 1 aliphatic heterocycles. The van der Waals surface area contributed by atoms with Crippen LogP contribution < -0.4 is 20.7 Å². The van der Waals surface area contributed by atoms with E-state index in [1.165, 1.54) is 6.92 Å². The van der Waals surface area contributed by atoms with Gasteiger partial charge >= 0.3 is 0 Å². The summed E-state index contributed by atoms with van der Waals surface area (Å²) >= 11 is 0. The van der Waals surface area contributed by atoms with Crippen molar-refractivity contribution < 1.29 is 23.6 Å². The van der Waals surface area contributed by atoms with Crippen molar-refractivity contribution in [2.24, 2.45) is 0 Å². The van der Waals surface area contributed by atoms with E-state index < -0.39 is 5.54 Å². The number of anilines is 1. The quantitative estimate of drug-likeness (QED) is 0.531. The van der Waals surface area contributed by atoms with E-state index >= 15 is 0 Å². The van der Waals surface area contributed by atoms with E-state index in [4.69, 9.17) is 9.26 Å². The zero-order chi connectivity index (χ0) is 24.1. The van der Waals surface area contributed by atoms with Gasteiger partial charge in [0.2, 0.25) is 17.7 Å². The molecule has 0 radical (unpaired) electrons. The minimum absolute atomic E-state index is 0.00194. The Bertz CT molecular complexity index is 1060. The van der Waals surface area contributed by atoms with Crippen LogP contribution in [0.25, 0.3) is 0 Å². The first kappa shape index (κ1) is 23.7. The molecule has 1 saturated carbocycles. The number of rotatable bonds is 7. The van der Waals surface area contributed by atoms with Gasteiger partial charge in [0, 0.05) is 19.8 Å². The predicted molar refractivity (Wildman–Crippen MR) is 123 cm³/mol. The van der Waals surface area contributed by atoms with Crippen LogP contribution in [0.3, 0.4) is 0 Å². The lowest BCUT2D eigenvalue weighted by molar-refractivity contribution is -0.122. The van der Waals surface area contributed by atoms with E-state index in [1.807, 2.05) is 13.0 Å². The number of fused-ring (bicyclic) bond motifs is 1. The molecule has 0 spiro atoms. The van der Waals surface area contributed by atoms with Crippen molar-refractivity contribution in [2.75, 3.05) is 11.9 Å². The number of aryl methyl sites for hydroxylation is 1. The normalized spacial score (nSPS) is 18.0. The minimum Gasteiger partial charge on any atom is -0.482 e. The summed E-state index contributed by atoms with van der Waals surface area (Å²) < 4.78 is 10.8. The topological polar surface area (TPSA) is 135 Å². The third kappa shape index (κ3) is 5.55. The highest BCUT2D eigenvalue weighted by Gasteiger charge is 2.38. The molecule has 1 aromatic carbocycles. The summed E-state index contributed by atoms with van der Waals surface area (Å²) in [5.74, 6) is 1.00. The van der Waals surface area contributed by atoms with Gasteiger partial charge in [-0.15, -0.1) is 0 Å². The van der Waals surface area contributed by atoms with E-state index in [9.17, 15) is 14.4 Å². The molecule has 3 N–H and O–H groups in total. The van der Waals surface area contributed by atoms with Crippen molar-refractivity contribution in [1.82, 2.24) is 20.8 Å². The first-order valence-electron chi connectivity index (χ1n) is 11.8. The van der Waals surface area contributed by atoms with E-state index in [2.05, 4.69) is 26.1 Å². The number of nitrogens with zero attached hydrogens (tertiary/aromatic N) is 2. The highest BCUT2D eigenvalue weighted by atomic mass is 16.5. The van der Waals surface area contributed by atoms with E-state index in [0.29, 0.717) is 29.6 Å². The molecule has 1 atom stereocenters. The van der Waals surface area contributed by atoms with Crippen LogP contribution in [-0.4, -0.2) is 34.5 Å². The van der Waals surface area contributed by atoms with Crippen LogP contribution in [0.5, 0.6) is 5.75 Å². The monoisotopic (exact) mass is 469 g/mol. The molecule has 2 aliphatic rings. The first-order valence-corrected chi connectivity index (χ1v) is 11.8. The van der Waals surface area contributed by atoms with Crippen molar-refractivity contribution in [3.63, 3.8) is 0 Å². The van der Waals surface area contributed by atoms with Crippen LogP contribution >= 0.6 is 0 Å². The summed E-state index contributed by atoms with van der Waals surface area (Å²) in [4.78, 5) is 40.5. The Labute approximate surface area is 198 Å². The Hall–Kier alpha value is -3.43. The number of carbonyl (C=O) groups is 3. The molecule has 0 bridgehead atoms. The van der Waals surface area contributed by atoms with Gasteiger partial charge in [-0.2, -0.15) is 4.98 Å². The fourth-order valence-corrected chi connectivity index (χ4v) is 4.61. The lowest BCUT2D eigenvalue weighted by Crippen LogP contribution is -2.45. The summed E-state index contributed by atoms with van der Waals surface area (Å²) in [7, 11) is 0. The molecule has 2 aromatic rings. The Morgan fingerprint density at radius 2 is 1.97 bits per heavy atom. The average Bonchev–Trinajstić information content (AvgIpc) is 3.17. The smallest absolute Gasteiger partial charge is 0.262 e. The molecular weight excluding hydrogens is 438 g/mol. The molecule has 4 rings (SSSR count). The van der Waals surface area contributed by atoms with Gasteiger partial charge in [-0.1, -0.05) is 36.9 Å². The fourth-order valence-electron chi connectivity index (χ4n) is 4.61. The van der Waals surface area contributed by atoms with Gasteiger partial charge < -0.3 is 25.2 Å². The second kappa shape index (κ2) is 10.2. The molecule has 1 aliphatic carbocycles. The second-order valence-electron chi connectivity index (χ2n) is 9.07. The summed E-state index contributed by atoms with van der Waals surface area (Å²) in [6.45, 7) is 3.38. The molecule has 0 saturated heterocycles. The van der Waals surface area contributed by atoms with E-state index in [0.717, 1.165) is 44.1 Å². The first-order chi connectivity index (χ1) is 16.3. The zero-order valence-electron chi connectivity index (χ0n) is 19.6. The standard InChI is InChI=1S/C24H31N5O5/c1-15(17-7-8-19-18(13-17)26-21(32)14-33-19)25-20(31)9-10-22-27-23(29-34-22)24(28-16(2)30)11-5-3-4-6-12-24/h7-8,13,15H,3-6,9-12,14H2,1-2H3,(H,25,31)(H,26,32)(H,28,30). The Morgan fingerprint density at radius 1 is 1.21 bits per heavy atom. The van der Waals surface area contributed by atoms with Gasteiger partial charge in [0.15, 0.2) is 12.4 Å². The lowest BCUT2D eigenvalue weighted by Gasteiger charge is -2.30. The Kier molecular flexibility index (Phi) is 7.14. The fraction of sp³-hybridized carbons (Fsp3) is 0.542. The number of hydrogen-bond donors (Lipinski definition) is 3. The Balaban J connectivity index is 1.35. The van der Waals surface area contributed by atoms with Crippen molar-refractivity contribution in [3.05, 3.63) is 35.5 Å². The molecule has 1 unspecified atom stereocenters. The van der Waals surface area contributed by atoms with Crippen LogP contribution in [0.15, 0.2) is 22.7 Å². The third-order valence-corrected chi connectivity index (χ3v) is 6.35. The number of amides is 3. The largest absolute Gasteiger partial charge is 0.482 e. The number of hydrogen-bond acceptors (Lipinski definition) is 7. The summed E-state index contributed by atoms with van der Waals surface area (Å²) in [6.07, 6.45) is 6.25. The minimum atomic E-state index is -0.605. The molecule has 34 heavy (non-hydrogen) atoms. The van der Waals surface area contributed by atoms with Crippen LogP contribution in [-0.2, 0) is 26.3 Å². The van der Waals surface area contributed by atoms with Crippen LogP contribution in [0.2, 0.25) is 0 Å². The van der Waals surface area contributed by atoms with Gasteiger partial charge in [-0.25, -0.2) is 0 Å². The second-order valence-corrected chi connectivity index (χ2v) is 9.07. The van der Waals surface area contributed by atoms with Gasteiger partial charge in [0.1, 0.15) is 11.3 Å². The maximum Gasteiger partial charge on any atom is 0.262 e. The number of aromatic nitrogens is 2. The predicted octanol–water partition coefficient (Wildman–Crippen LogP) is 2.90. The van der Waals surface area contributed by atoms with Crippen LogP contribution in [0.1, 0.15) is 82.1 Å². The van der Waals surface area contributed by atoms with Gasteiger partial charge in [0.05, 0.1) is 11.7 Å². The highest BCUT2D eigenvalue weighted by molar-refractivity contribution is 5.95. The van der Waals surface area contributed by atoms with Gasteiger partial charge in [0.25, 0.3) is 5.91 Å². The molecular formula is C24H31N5O5. The molecule has 3 amide bonds. The number of benzene rings is 1. The van der Waals surface area contributed by atoms with E-state index in [1.54, 1.807) is 12.1 Å². The van der Waals surface area contributed by atoms with Crippen molar-refractivity contribution in [3.8, 4) is 5.75 Å². The maximum atomic E-state index is 12.6. The summed E-state index contributed by atoms with van der Waals surface area (Å²) in [6, 6.07) is 5.18. The highest BCUT2D eigenvalue weighted by Crippen LogP contribution is 2.35. The number of carbonyl (C=O) groups excluding carboxylic acids is 3. The van der Waals surface area contributed by atoms with Gasteiger partial charge in [-0.3, -0.25) is 14.4 Å². The van der Waals surface area contributed by atoms with E-state index in [-0.39, 0.29) is 36.8 Å². The average molecular weight is 470 g/mol. The molecule has 1 fully saturated rings. The van der Waals surface area contributed by atoms with Crippen molar-refractivity contribution in [1.29, 1.82) is 0 Å². The summed E-state index contributed by atoms with van der Waals surface area (Å²) in [5.41, 5.74) is 0.843. The molecule has 2 heterocycles. The van der Waals surface area contributed by atoms with Crippen LogP contribution in [0.4, 0.5) is 5.69 Å². The van der Waals surface area contributed by atoms with Crippen molar-refractivity contribution in [2.45, 2.75) is 76.8 Å². The zero-order valence-corrected chi connectivity index (χ0v) is 19.6. The molecule has 10 heteroatoms. The SMILES string of the molecule is CC(=O)NC1(c2noc(CCC(=O)NC(C)c3ccc4c(c3)NC(=O)CO4)n2)CCCCCC1. The Morgan fingerprint density at radius 3 is 2.71 bits per heavy atom. The molecule has 1 aromatic heterocycles. The molecule has 182 valence electrons. The molecule has 10 nitrogen and oxygen atoms in total. The van der Waals surface area contributed by atoms with Gasteiger partial charge in [-0.05, 0) is 37.5 Å². The third-order valence-electron chi connectivity index (χ3n) is 6.35. The summed E-state index contributed by atoms with van der Waals surface area (Å²) in [5, 5.41) is 13.0.